The van der Waals surface area contributed by atoms with Crippen LogP contribution in [0.3, 0.4) is 0 Å². The number of aliphatic hydroxyl groups excluding tert-OH is 1. The van der Waals surface area contributed by atoms with Gasteiger partial charge in [0.05, 0.1) is 17.9 Å². The number of nitrogens with one attached hydrogen (secondary N) is 1. The molecule has 6 rings (SSSR count). The molecule has 0 spiro atoms. The van der Waals surface area contributed by atoms with Crippen LogP contribution in [0.15, 0.2) is 12.4 Å². The SMILES string of the molecule is Nc1nc(-n2cc(C(=O)NCC(O)C34CC5CC(CC(C5)C3)C4)c(C(F)(F)F)n2)ncc1F. The van der Waals surface area contributed by atoms with Crippen molar-refractivity contribution in [2.75, 3.05) is 12.3 Å². The van der Waals surface area contributed by atoms with Crippen LogP contribution in [0, 0.1) is 29.0 Å². The van der Waals surface area contributed by atoms with Crippen molar-refractivity contribution in [2.45, 2.75) is 50.8 Å². The fraction of sp³-hybridized carbons (Fsp3) is 0.619. The highest BCUT2D eigenvalue weighted by Gasteiger charge is 2.54. The second kappa shape index (κ2) is 7.64. The number of rotatable bonds is 5. The first-order chi connectivity index (χ1) is 15.5. The number of halogens is 4. The minimum Gasteiger partial charge on any atom is -0.391 e. The van der Waals surface area contributed by atoms with Gasteiger partial charge in [-0.2, -0.15) is 23.3 Å². The standard InChI is InChI=1S/C21H24F4N6O2/c22-14-7-28-19(29-17(14)26)31-9-13(16(30-31)21(23,24)25)18(33)27-8-15(32)20-4-10-1-11(5-20)3-12(2-10)6-20/h7,9-12,15,32H,1-6,8H2,(H,27,33)(H2,26,28,29). The fourth-order valence-corrected chi connectivity index (χ4v) is 6.42. The molecule has 12 heteroatoms. The first-order valence-electron chi connectivity index (χ1n) is 11.0. The number of nitrogens with zero attached hydrogens (tertiary/aromatic N) is 4. The molecule has 178 valence electrons. The van der Waals surface area contributed by atoms with E-state index in [0.29, 0.717) is 28.6 Å². The van der Waals surface area contributed by atoms with E-state index in [2.05, 4.69) is 20.4 Å². The number of aliphatic hydroxyl groups is 1. The Hall–Kier alpha value is -2.76. The van der Waals surface area contributed by atoms with Gasteiger partial charge in [0.25, 0.3) is 11.9 Å². The molecule has 8 nitrogen and oxygen atoms in total. The van der Waals surface area contributed by atoms with Gasteiger partial charge in [0.2, 0.25) is 0 Å². The number of nitrogens with two attached hydrogens (primary N) is 1. The lowest BCUT2D eigenvalue weighted by Crippen LogP contribution is -2.54. The Morgan fingerprint density at radius 1 is 1.24 bits per heavy atom. The van der Waals surface area contributed by atoms with Gasteiger partial charge in [-0.05, 0) is 61.7 Å². The third-order valence-corrected chi connectivity index (χ3v) is 7.44. The molecule has 1 unspecified atom stereocenters. The van der Waals surface area contributed by atoms with Crippen molar-refractivity contribution in [3.63, 3.8) is 0 Å². The summed E-state index contributed by atoms with van der Waals surface area (Å²) in [5, 5.41) is 16.8. The van der Waals surface area contributed by atoms with Gasteiger partial charge in [-0.15, -0.1) is 0 Å². The van der Waals surface area contributed by atoms with E-state index in [1.165, 1.54) is 19.3 Å². The van der Waals surface area contributed by atoms with Crippen LogP contribution >= 0.6 is 0 Å². The van der Waals surface area contributed by atoms with Gasteiger partial charge in [-0.25, -0.2) is 14.1 Å². The maximum absolute atomic E-state index is 13.6. The lowest BCUT2D eigenvalue weighted by atomic mass is 9.48. The van der Waals surface area contributed by atoms with E-state index in [9.17, 15) is 27.5 Å². The minimum atomic E-state index is -4.93. The highest BCUT2D eigenvalue weighted by molar-refractivity contribution is 5.95. The molecule has 4 N–H and O–H groups in total. The summed E-state index contributed by atoms with van der Waals surface area (Å²) in [5.74, 6) is -1.17. The molecule has 1 atom stereocenters. The van der Waals surface area contributed by atoms with E-state index < -0.39 is 47.0 Å². The number of anilines is 1. The summed E-state index contributed by atoms with van der Waals surface area (Å²) in [4.78, 5) is 19.9. The molecule has 4 bridgehead atoms. The number of hydrogen-bond acceptors (Lipinski definition) is 6. The normalized spacial score (nSPS) is 29.3. The zero-order valence-corrected chi connectivity index (χ0v) is 17.6. The number of aromatic nitrogens is 4. The average Bonchev–Trinajstić information content (AvgIpc) is 3.19. The highest BCUT2D eigenvalue weighted by Crippen LogP contribution is 2.61. The van der Waals surface area contributed by atoms with Crippen LogP contribution in [0.4, 0.5) is 23.4 Å². The number of nitrogen functional groups attached to an aromatic ring is 1. The van der Waals surface area contributed by atoms with Crippen LogP contribution in [0.5, 0.6) is 0 Å². The monoisotopic (exact) mass is 468 g/mol. The number of carbonyl (C=O) groups is 1. The Morgan fingerprint density at radius 3 is 2.39 bits per heavy atom. The zero-order chi connectivity index (χ0) is 23.5. The largest absolute Gasteiger partial charge is 0.435 e. The van der Waals surface area contributed by atoms with Crippen LogP contribution in [0.1, 0.15) is 54.6 Å². The van der Waals surface area contributed by atoms with Crippen LogP contribution in [0.25, 0.3) is 5.95 Å². The zero-order valence-electron chi connectivity index (χ0n) is 17.6. The summed E-state index contributed by atoms with van der Waals surface area (Å²) in [6.45, 7) is -0.145. The van der Waals surface area contributed by atoms with Gasteiger partial charge >= 0.3 is 6.18 Å². The first kappa shape index (κ1) is 22.1. The fourth-order valence-electron chi connectivity index (χ4n) is 6.42. The molecule has 4 fully saturated rings. The van der Waals surface area contributed by atoms with E-state index in [1.54, 1.807) is 0 Å². The van der Waals surface area contributed by atoms with Crippen molar-refractivity contribution in [3.8, 4) is 5.95 Å². The Kier molecular flexibility index (Phi) is 5.11. The first-order valence-corrected chi connectivity index (χ1v) is 11.0. The Morgan fingerprint density at radius 2 is 1.85 bits per heavy atom. The lowest BCUT2D eigenvalue weighted by molar-refractivity contribution is -0.141. The smallest absolute Gasteiger partial charge is 0.391 e. The van der Waals surface area contributed by atoms with Crippen LogP contribution < -0.4 is 11.1 Å². The quantitative estimate of drug-likeness (QED) is 0.581. The van der Waals surface area contributed by atoms with E-state index in [1.807, 2.05) is 0 Å². The lowest BCUT2D eigenvalue weighted by Gasteiger charge is -2.58. The van der Waals surface area contributed by atoms with Gasteiger partial charge in [-0.3, -0.25) is 4.79 Å². The van der Waals surface area contributed by atoms with Crippen molar-refractivity contribution >= 4 is 11.7 Å². The van der Waals surface area contributed by atoms with Crippen LogP contribution in [-0.2, 0) is 6.18 Å². The molecule has 0 aliphatic heterocycles. The van der Waals surface area contributed by atoms with Crippen LogP contribution in [0.2, 0.25) is 0 Å². The van der Waals surface area contributed by atoms with E-state index in [0.717, 1.165) is 25.5 Å². The van der Waals surface area contributed by atoms with E-state index in [4.69, 9.17) is 5.73 Å². The molecule has 4 saturated carbocycles. The summed E-state index contributed by atoms with van der Waals surface area (Å²) in [5.41, 5.74) is 2.90. The maximum atomic E-state index is 13.6. The number of amides is 1. The average molecular weight is 468 g/mol. The third kappa shape index (κ3) is 3.94. The molecule has 1 amide bonds. The van der Waals surface area contributed by atoms with Crippen molar-refractivity contribution in [3.05, 3.63) is 29.5 Å². The van der Waals surface area contributed by atoms with Gasteiger partial charge in [0.15, 0.2) is 17.3 Å². The molecule has 2 heterocycles. The van der Waals surface area contributed by atoms with Gasteiger partial charge in [-0.1, -0.05) is 0 Å². The highest BCUT2D eigenvalue weighted by atomic mass is 19.4. The van der Waals surface area contributed by atoms with Crippen molar-refractivity contribution in [1.29, 1.82) is 0 Å². The minimum absolute atomic E-state index is 0.145. The molecular weight excluding hydrogens is 444 g/mol. The summed E-state index contributed by atoms with van der Waals surface area (Å²) < 4.78 is 54.6. The molecule has 4 aliphatic carbocycles. The molecule has 0 radical (unpaired) electrons. The molecule has 4 aliphatic rings. The van der Waals surface area contributed by atoms with Gasteiger partial charge < -0.3 is 16.2 Å². The second-order valence-electron chi connectivity index (χ2n) is 9.74. The van der Waals surface area contributed by atoms with Gasteiger partial charge in [0.1, 0.15) is 0 Å². The summed E-state index contributed by atoms with van der Waals surface area (Å²) in [6, 6.07) is 0. The number of hydrogen-bond donors (Lipinski definition) is 3. The van der Waals surface area contributed by atoms with Crippen molar-refractivity contribution < 1.29 is 27.5 Å². The van der Waals surface area contributed by atoms with Crippen LogP contribution in [-0.4, -0.2) is 43.4 Å². The Labute approximate surface area is 186 Å². The predicted molar refractivity (Wildman–Crippen MR) is 107 cm³/mol. The van der Waals surface area contributed by atoms with Crippen molar-refractivity contribution in [1.82, 2.24) is 25.1 Å². The molecule has 0 aromatic carbocycles. The third-order valence-electron chi connectivity index (χ3n) is 7.44. The summed E-state index contributed by atoms with van der Waals surface area (Å²) in [7, 11) is 0. The molecule has 2 aromatic rings. The topological polar surface area (TPSA) is 119 Å². The maximum Gasteiger partial charge on any atom is 0.435 e. The molecule has 0 saturated heterocycles. The summed E-state index contributed by atoms with van der Waals surface area (Å²) in [6.07, 6.45) is 1.99. The Bertz CT molecular complexity index is 1050. The van der Waals surface area contributed by atoms with E-state index >= 15 is 0 Å². The van der Waals surface area contributed by atoms with E-state index in [-0.39, 0.29) is 12.0 Å². The molecule has 2 aromatic heterocycles. The second-order valence-corrected chi connectivity index (χ2v) is 9.74. The number of carbonyl (C=O) groups excluding carboxylic acids is 1. The summed E-state index contributed by atoms with van der Waals surface area (Å²) >= 11 is 0. The van der Waals surface area contributed by atoms with Crippen molar-refractivity contribution in [2.24, 2.45) is 23.2 Å². The predicted octanol–water partition coefficient (Wildman–Crippen LogP) is 2.71. The molecule has 33 heavy (non-hydrogen) atoms. The van der Waals surface area contributed by atoms with Gasteiger partial charge in [0, 0.05) is 12.7 Å². The number of alkyl halides is 3. The Balaban J connectivity index is 1.35. The molecular formula is C21H24F4N6O2.